The Labute approximate surface area is 125 Å². The molecule has 1 aliphatic rings. The van der Waals surface area contributed by atoms with Crippen LogP contribution in [0.3, 0.4) is 0 Å². The molecule has 2 rings (SSSR count). The Morgan fingerprint density at radius 3 is 2.29 bits per heavy atom. The lowest BCUT2D eigenvalue weighted by Crippen LogP contribution is -2.17. The van der Waals surface area contributed by atoms with Crippen molar-refractivity contribution in [1.29, 1.82) is 0 Å². The van der Waals surface area contributed by atoms with Gasteiger partial charge in [0.15, 0.2) is 0 Å². The summed E-state index contributed by atoms with van der Waals surface area (Å²) in [5.74, 6) is 0. The minimum atomic E-state index is -0.719. The van der Waals surface area contributed by atoms with Gasteiger partial charge < -0.3 is 0 Å². The summed E-state index contributed by atoms with van der Waals surface area (Å²) < 4.78 is 0. The first-order valence-corrected chi connectivity index (χ1v) is 6.71. The zero-order valence-electron chi connectivity index (χ0n) is 8.48. The molecule has 0 saturated heterocycles. The first-order valence-electron chi connectivity index (χ1n) is 4.82. The zero-order valence-corrected chi connectivity index (χ0v) is 12.3. The number of alkyl halides is 1. The number of benzene rings is 1. The van der Waals surface area contributed by atoms with E-state index in [1.807, 2.05) is 12.2 Å². The Kier molecular flexibility index (Phi) is 4.02. The Morgan fingerprint density at radius 1 is 1.00 bits per heavy atom. The van der Waals surface area contributed by atoms with Crippen molar-refractivity contribution in [2.24, 2.45) is 0 Å². The average Bonchev–Trinajstić information content (AvgIpc) is 2.30. The maximum absolute atomic E-state index is 6.52. The average molecular weight is 328 g/mol. The third-order valence-corrected chi connectivity index (χ3v) is 4.64. The molecule has 1 atom stereocenters. The molecular weight excluding hydrogens is 321 g/mol. The van der Waals surface area contributed by atoms with Crippen molar-refractivity contribution in [3.63, 3.8) is 0 Å². The summed E-state index contributed by atoms with van der Waals surface area (Å²) in [7, 11) is 0. The molecular formula is C12H7Cl5. The second-order valence-corrected chi connectivity index (χ2v) is 5.99. The molecule has 0 radical (unpaired) electrons. The Hall–Kier alpha value is 0.150. The molecule has 17 heavy (non-hydrogen) atoms. The Balaban J connectivity index is 2.49. The van der Waals surface area contributed by atoms with E-state index in [-0.39, 0.29) is 0 Å². The van der Waals surface area contributed by atoms with E-state index in [0.717, 1.165) is 5.56 Å². The molecule has 1 aliphatic carbocycles. The van der Waals surface area contributed by atoms with Gasteiger partial charge in [0, 0.05) is 5.03 Å². The maximum Gasteiger partial charge on any atom is 0.0928 e. The zero-order chi connectivity index (χ0) is 12.6. The van der Waals surface area contributed by atoms with E-state index in [0.29, 0.717) is 26.5 Å². The molecule has 0 aliphatic heterocycles. The van der Waals surface area contributed by atoms with E-state index in [2.05, 4.69) is 0 Å². The summed E-state index contributed by atoms with van der Waals surface area (Å²) in [6, 6.07) is 3.46. The third-order valence-electron chi connectivity index (χ3n) is 2.58. The Morgan fingerprint density at radius 2 is 1.71 bits per heavy atom. The number of allylic oxidation sites excluding steroid dienone is 4. The predicted octanol–water partition coefficient (Wildman–Crippen LogP) is 6.16. The fourth-order valence-corrected chi connectivity index (χ4v) is 2.83. The first kappa shape index (κ1) is 13.6. The normalized spacial score (nSPS) is 23.7. The highest BCUT2D eigenvalue weighted by atomic mass is 35.5. The van der Waals surface area contributed by atoms with Crippen LogP contribution in [0.1, 0.15) is 12.0 Å². The van der Waals surface area contributed by atoms with Crippen LogP contribution in [0.2, 0.25) is 15.1 Å². The highest BCUT2D eigenvalue weighted by Gasteiger charge is 2.31. The van der Waals surface area contributed by atoms with Crippen LogP contribution in [-0.2, 0) is 4.87 Å². The summed E-state index contributed by atoms with van der Waals surface area (Å²) in [5, 5.41) is 1.77. The molecule has 1 aromatic carbocycles. The van der Waals surface area contributed by atoms with E-state index in [1.165, 1.54) is 0 Å². The summed E-state index contributed by atoms with van der Waals surface area (Å²) in [6.45, 7) is 0. The summed E-state index contributed by atoms with van der Waals surface area (Å²) >= 11 is 30.4. The number of halogens is 5. The van der Waals surface area contributed by atoms with Gasteiger partial charge in [-0.2, -0.15) is 0 Å². The molecule has 90 valence electrons. The lowest BCUT2D eigenvalue weighted by molar-refractivity contribution is 0.762. The van der Waals surface area contributed by atoms with Crippen molar-refractivity contribution in [3.8, 4) is 0 Å². The molecule has 0 saturated carbocycles. The third kappa shape index (κ3) is 2.62. The van der Waals surface area contributed by atoms with E-state index in [1.54, 1.807) is 18.2 Å². The van der Waals surface area contributed by atoms with Crippen molar-refractivity contribution in [1.82, 2.24) is 0 Å². The molecule has 0 heterocycles. The molecule has 0 aromatic heterocycles. The SMILES string of the molecule is ClC1=CCC(Cl)(c2ccc(Cl)c(Cl)c2Cl)C=C1. The molecule has 0 amide bonds. The number of rotatable bonds is 1. The van der Waals surface area contributed by atoms with Gasteiger partial charge in [-0.25, -0.2) is 0 Å². The molecule has 0 fully saturated rings. The van der Waals surface area contributed by atoms with Gasteiger partial charge in [-0.15, -0.1) is 11.6 Å². The monoisotopic (exact) mass is 326 g/mol. The minimum absolute atomic E-state index is 0.319. The van der Waals surface area contributed by atoms with Crippen LogP contribution in [0, 0.1) is 0 Å². The van der Waals surface area contributed by atoms with E-state index in [4.69, 9.17) is 58.0 Å². The molecule has 5 heteroatoms. The van der Waals surface area contributed by atoms with Crippen molar-refractivity contribution >= 4 is 58.0 Å². The number of hydrogen-bond donors (Lipinski definition) is 0. The summed E-state index contributed by atoms with van der Waals surface area (Å²) in [6.07, 6.45) is 5.95. The van der Waals surface area contributed by atoms with Gasteiger partial charge >= 0.3 is 0 Å². The van der Waals surface area contributed by atoms with Crippen LogP contribution >= 0.6 is 58.0 Å². The van der Waals surface area contributed by atoms with Crippen LogP contribution in [0.5, 0.6) is 0 Å². The quantitative estimate of drug-likeness (QED) is 0.427. The predicted molar refractivity (Wildman–Crippen MR) is 76.7 cm³/mol. The second-order valence-electron chi connectivity index (χ2n) is 3.71. The summed E-state index contributed by atoms with van der Waals surface area (Å²) in [5.41, 5.74) is 0.729. The highest BCUT2D eigenvalue weighted by Crippen LogP contribution is 2.45. The summed E-state index contributed by atoms with van der Waals surface area (Å²) in [4.78, 5) is -0.719. The van der Waals surface area contributed by atoms with Gasteiger partial charge in [0.1, 0.15) is 0 Å². The number of hydrogen-bond acceptors (Lipinski definition) is 0. The van der Waals surface area contributed by atoms with Gasteiger partial charge in [-0.3, -0.25) is 0 Å². The second kappa shape index (κ2) is 5.03. The molecule has 0 bridgehead atoms. The van der Waals surface area contributed by atoms with Crippen LogP contribution < -0.4 is 0 Å². The highest BCUT2D eigenvalue weighted by molar-refractivity contribution is 6.48. The fourth-order valence-electron chi connectivity index (χ4n) is 1.64. The van der Waals surface area contributed by atoms with Gasteiger partial charge in [0.2, 0.25) is 0 Å². The van der Waals surface area contributed by atoms with E-state index >= 15 is 0 Å². The molecule has 1 aromatic rings. The van der Waals surface area contributed by atoms with Gasteiger partial charge in [-0.05, 0) is 24.1 Å². The van der Waals surface area contributed by atoms with E-state index < -0.39 is 4.87 Å². The van der Waals surface area contributed by atoms with Crippen LogP contribution in [-0.4, -0.2) is 0 Å². The van der Waals surface area contributed by atoms with Crippen LogP contribution in [0.25, 0.3) is 0 Å². The Bertz CT molecular complexity index is 518. The van der Waals surface area contributed by atoms with Crippen molar-refractivity contribution in [3.05, 3.63) is 56.0 Å². The van der Waals surface area contributed by atoms with Crippen LogP contribution in [0.15, 0.2) is 35.4 Å². The minimum Gasteiger partial charge on any atom is -0.109 e. The lowest BCUT2D eigenvalue weighted by atomic mass is 9.91. The van der Waals surface area contributed by atoms with Crippen molar-refractivity contribution in [2.75, 3.05) is 0 Å². The smallest absolute Gasteiger partial charge is 0.0928 e. The lowest BCUT2D eigenvalue weighted by Gasteiger charge is -2.26. The van der Waals surface area contributed by atoms with Crippen LogP contribution in [0.4, 0.5) is 0 Å². The van der Waals surface area contributed by atoms with Gasteiger partial charge in [0.25, 0.3) is 0 Å². The first-order chi connectivity index (χ1) is 7.94. The van der Waals surface area contributed by atoms with Crippen molar-refractivity contribution < 1.29 is 0 Å². The van der Waals surface area contributed by atoms with Crippen molar-refractivity contribution in [2.45, 2.75) is 11.3 Å². The van der Waals surface area contributed by atoms with Gasteiger partial charge in [-0.1, -0.05) is 64.6 Å². The standard InChI is InChI=1S/C12H7Cl5/c13-7-3-5-12(17,6-4-7)8-1-2-9(14)11(16)10(8)15/h1-5H,6H2. The topological polar surface area (TPSA) is 0 Å². The molecule has 0 nitrogen and oxygen atoms in total. The largest absolute Gasteiger partial charge is 0.109 e. The van der Waals surface area contributed by atoms with Gasteiger partial charge in [0.05, 0.1) is 19.9 Å². The molecule has 1 unspecified atom stereocenters. The molecule has 0 spiro atoms. The molecule has 0 N–H and O–H groups in total. The fraction of sp³-hybridized carbons (Fsp3) is 0.167. The van der Waals surface area contributed by atoms with E-state index in [9.17, 15) is 0 Å². The maximum atomic E-state index is 6.52.